The summed E-state index contributed by atoms with van der Waals surface area (Å²) in [5.74, 6) is -0.356. The van der Waals surface area contributed by atoms with Gasteiger partial charge in [0.15, 0.2) is 6.29 Å². The van der Waals surface area contributed by atoms with Crippen LogP contribution in [0.15, 0.2) is 0 Å². The summed E-state index contributed by atoms with van der Waals surface area (Å²) < 4.78 is 11.1. The highest BCUT2D eigenvalue weighted by molar-refractivity contribution is 5.73. The Balaban J connectivity index is 2.39. The fourth-order valence-corrected chi connectivity index (χ4v) is 2.77. The van der Waals surface area contributed by atoms with Gasteiger partial charge in [-0.05, 0) is 19.4 Å². The average molecular weight is 348 g/mol. The summed E-state index contributed by atoms with van der Waals surface area (Å²) in [6.45, 7) is 2.02. The summed E-state index contributed by atoms with van der Waals surface area (Å²) in [6, 6.07) is -0.871. The normalized spacial score (nSPS) is 30.3. The zero-order valence-corrected chi connectivity index (χ0v) is 14.4. The van der Waals surface area contributed by atoms with E-state index in [2.05, 4.69) is 5.32 Å². The predicted octanol–water partition coefficient (Wildman–Crippen LogP) is -0.754. The van der Waals surface area contributed by atoms with Crippen LogP contribution in [0.4, 0.5) is 0 Å². The van der Waals surface area contributed by atoms with Gasteiger partial charge in [0.25, 0.3) is 0 Å². The van der Waals surface area contributed by atoms with Gasteiger partial charge in [0.05, 0.1) is 6.61 Å². The summed E-state index contributed by atoms with van der Waals surface area (Å²) in [6.07, 6.45) is 1.88. The molecule has 8 heteroatoms. The lowest BCUT2D eigenvalue weighted by Gasteiger charge is -2.42. The molecule has 1 saturated heterocycles. The van der Waals surface area contributed by atoms with E-state index in [0.29, 0.717) is 6.61 Å². The molecule has 0 spiro atoms. The number of hydrogen-bond acceptors (Lipinski definition) is 7. The number of hydrogen-bond donors (Lipinski definition) is 5. The topological polar surface area (TPSA) is 134 Å². The van der Waals surface area contributed by atoms with Crippen LogP contribution in [-0.4, -0.2) is 71.6 Å². The molecule has 0 aromatic carbocycles. The summed E-state index contributed by atoms with van der Waals surface area (Å²) in [7, 11) is 0. The molecule has 1 heterocycles. The second-order valence-corrected chi connectivity index (χ2v) is 6.21. The SMILES string of the molecule is CC(=O)N[C@@H]1[C@H](OCCCCCCCCN)O[C@H](CO)[C@@H](O)[C@@H]1O. The molecule has 1 fully saturated rings. The van der Waals surface area contributed by atoms with Gasteiger partial charge in [0.2, 0.25) is 5.91 Å². The van der Waals surface area contributed by atoms with Gasteiger partial charge in [-0.3, -0.25) is 4.79 Å². The van der Waals surface area contributed by atoms with Crippen molar-refractivity contribution < 1.29 is 29.6 Å². The first kappa shape index (κ1) is 21.3. The van der Waals surface area contributed by atoms with E-state index in [0.717, 1.165) is 45.1 Å². The molecule has 24 heavy (non-hydrogen) atoms. The summed E-state index contributed by atoms with van der Waals surface area (Å²) in [5, 5.41) is 31.8. The van der Waals surface area contributed by atoms with E-state index in [1.807, 2.05) is 0 Å². The Hall–Kier alpha value is -0.770. The third-order valence-corrected chi connectivity index (χ3v) is 4.13. The molecule has 1 rings (SSSR count). The summed E-state index contributed by atoms with van der Waals surface area (Å²) >= 11 is 0. The van der Waals surface area contributed by atoms with Crippen LogP contribution >= 0.6 is 0 Å². The Morgan fingerprint density at radius 2 is 1.75 bits per heavy atom. The lowest BCUT2D eigenvalue weighted by molar-refractivity contribution is -0.270. The average Bonchev–Trinajstić information content (AvgIpc) is 2.55. The second kappa shape index (κ2) is 11.7. The minimum absolute atomic E-state index is 0.356. The molecular weight excluding hydrogens is 316 g/mol. The first-order valence-corrected chi connectivity index (χ1v) is 8.72. The van der Waals surface area contributed by atoms with E-state index in [4.69, 9.17) is 15.2 Å². The number of nitrogens with two attached hydrogens (primary N) is 1. The lowest BCUT2D eigenvalue weighted by Crippen LogP contribution is -2.64. The van der Waals surface area contributed by atoms with Crippen molar-refractivity contribution in [2.45, 2.75) is 76.1 Å². The van der Waals surface area contributed by atoms with Crippen LogP contribution in [0.5, 0.6) is 0 Å². The molecular formula is C16H32N2O6. The van der Waals surface area contributed by atoms with Crippen molar-refractivity contribution in [2.24, 2.45) is 5.73 Å². The van der Waals surface area contributed by atoms with Gasteiger partial charge >= 0.3 is 0 Å². The minimum atomic E-state index is -1.28. The molecule has 1 aliphatic rings. The van der Waals surface area contributed by atoms with Crippen molar-refractivity contribution in [3.63, 3.8) is 0 Å². The maximum atomic E-state index is 11.3. The highest BCUT2D eigenvalue weighted by Crippen LogP contribution is 2.22. The fraction of sp³-hybridized carbons (Fsp3) is 0.938. The monoisotopic (exact) mass is 348 g/mol. The first-order valence-electron chi connectivity index (χ1n) is 8.72. The van der Waals surface area contributed by atoms with Gasteiger partial charge in [-0.15, -0.1) is 0 Å². The van der Waals surface area contributed by atoms with Crippen molar-refractivity contribution in [1.29, 1.82) is 0 Å². The van der Waals surface area contributed by atoms with E-state index in [1.54, 1.807) is 0 Å². The van der Waals surface area contributed by atoms with Gasteiger partial charge in [-0.1, -0.05) is 25.7 Å². The van der Waals surface area contributed by atoms with Crippen LogP contribution < -0.4 is 11.1 Å². The van der Waals surface area contributed by atoms with Crippen LogP contribution in [0.2, 0.25) is 0 Å². The fourth-order valence-electron chi connectivity index (χ4n) is 2.77. The Bertz CT molecular complexity index is 357. The molecule has 0 aliphatic carbocycles. The summed E-state index contributed by atoms with van der Waals surface area (Å²) in [5.41, 5.74) is 5.44. The number of aliphatic hydroxyl groups excluding tert-OH is 3. The first-order chi connectivity index (χ1) is 11.5. The molecule has 0 aromatic rings. The molecule has 1 amide bonds. The van der Waals surface area contributed by atoms with Crippen molar-refractivity contribution in [3.8, 4) is 0 Å². The highest BCUT2D eigenvalue weighted by atomic mass is 16.7. The number of rotatable bonds is 11. The van der Waals surface area contributed by atoms with E-state index in [-0.39, 0.29) is 5.91 Å². The van der Waals surface area contributed by atoms with Crippen LogP contribution in [0.25, 0.3) is 0 Å². The predicted molar refractivity (Wildman–Crippen MR) is 88.1 cm³/mol. The van der Waals surface area contributed by atoms with Gasteiger partial charge in [-0.2, -0.15) is 0 Å². The lowest BCUT2D eigenvalue weighted by atomic mass is 9.97. The number of unbranched alkanes of at least 4 members (excludes halogenated alkanes) is 5. The Kier molecular flexibility index (Phi) is 10.4. The molecule has 6 N–H and O–H groups in total. The number of ether oxygens (including phenoxy) is 2. The highest BCUT2D eigenvalue weighted by Gasteiger charge is 2.45. The Labute approximate surface area is 143 Å². The van der Waals surface area contributed by atoms with E-state index in [9.17, 15) is 20.1 Å². The zero-order chi connectivity index (χ0) is 17.9. The zero-order valence-electron chi connectivity index (χ0n) is 14.4. The molecule has 5 atom stereocenters. The van der Waals surface area contributed by atoms with Crippen LogP contribution in [0.3, 0.4) is 0 Å². The van der Waals surface area contributed by atoms with Gasteiger partial charge in [0.1, 0.15) is 24.4 Å². The molecule has 1 aliphatic heterocycles. The second-order valence-electron chi connectivity index (χ2n) is 6.21. The van der Waals surface area contributed by atoms with Gasteiger partial charge in [0, 0.05) is 13.5 Å². The number of carbonyl (C=O) groups excluding carboxylic acids is 1. The molecule has 0 aromatic heterocycles. The van der Waals surface area contributed by atoms with E-state index >= 15 is 0 Å². The number of aliphatic hydroxyl groups is 3. The molecule has 142 valence electrons. The molecule has 0 radical (unpaired) electrons. The number of amides is 1. The smallest absolute Gasteiger partial charge is 0.217 e. The molecule has 0 bridgehead atoms. The van der Waals surface area contributed by atoms with Crippen molar-refractivity contribution in [2.75, 3.05) is 19.8 Å². The van der Waals surface area contributed by atoms with Crippen LogP contribution in [0.1, 0.15) is 45.4 Å². The standard InChI is InChI=1S/C16H32N2O6/c1-11(20)18-13-15(22)14(21)12(10-19)24-16(13)23-9-7-5-3-2-4-6-8-17/h12-16,19,21-22H,2-10,17H2,1H3,(H,18,20)/t12-,13+,14-,15-,16-/m1/s1. The molecule has 0 saturated carbocycles. The maximum absolute atomic E-state index is 11.3. The van der Waals surface area contributed by atoms with E-state index < -0.39 is 37.3 Å². The quantitative estimate of drug-likeness (QED) is 0.310. The maximum Gasteiger partial charge on any atom is 0.217 e. The van der Waals surface area contributed by atoms with Gasteiger partial charge < -0.3 is 35.8 Å². The number of nitrogens with one attached hydrogen (secondary N) is 1. The third kappa shape index (κ3) is 7.00. The van der Waals surface area contributed by atoms with Crippen molar-refractivity contribution >= 4 is 5.91 Å². The minimum Gasteiger partial charge on any atom is -0.394 e. The van der Waals surface area contributed by atoms with Crippen LogP contribution in [0, 0.1) is 0 Å². The summed E-state index contributed by atoms with van der Waals surface area (Å²) in [4.78, 5) is 11.3. The number of carbonyl (C=O) groups is 1. The Morgan fingerprint density at radius 1 is 1.12 bits per heavy atom. The Morgan fingerprint density at radius 3 is 2.33 bits per heavy atom. The van der Waals surface area contributed by atoms with E-state index in [1.165, 1.54) is 6.92 Å². The molecule has 0 unspecified atom stereocenters. The van der Waals surface area contributed by atoms with Crippen molar-refractivity contribution in [3.05, 3.63) is 0 Å². The van der Waals surface area contributed by atoms with Crippen LogP contribution in [-0.2, 0) is 14.3 Å². The van der Waals surface area contributed by atoms with Gasteiger partial charge in [-0.25, -0.2) is 0 Å². The third-order valence-electron chi connectivity index (χ3n) is 4.13. The largest absolute Gasteiger partial charge is 0.394 e. The molecule has 8 nitrogen and oxygen atoms in total. The van der Waals surface area contributed by atoms with Crippen molar-refractivity contribution in [1.82, 2.24) is 5.32 Å².